The predicted octanol–water partition coefficient (Wildman–Crippen LogP) is 1.80. The lowest BCUT2D eigenvalue weighted by molar-refractivity contribution is -0.139. The molecule has 154 valence electrons. The van der Waals surface area contributed by atoms with Gasteiger partial charge in [0.05, 0.1) is 13.1 Å². The number of amides is 2. The molecule has 0 saturated carbocycles. The van der Waals surface area contributed by atoms with Crippen LogP contribution in [0, 0.1) is 0 Å². The molecular formula is C21H38N4O2. The highest BCUT2D eigenvalue weighted by molar-refractivity contribution is 5.79. The topological polar surface area (TPSA) is 47.1 Å². The Morgan fingerprint density at radius 1 is 0.667 bits per heavy atom. The average Bonchev–Trinajstić information content (AvgIpc) is 2.93. The van der Waals surface area contributed by atoms with Crippen molar-refractivity contribution in [1.29, 1.82) is 0 Å². The van der Waals surface area contributed by atoms with Gasteiger partial charge < -0.3 is 9.80 Å². The minimum absolute atomic E-state index is 0.281. The smallest absolute Gasteiger partial charge is 0.237 e. The van der Waals surface area contributed by atoms with E-state index in [0.717, 1.165) is 65.0 Å². The minimum atomic E-state index is 0.281. The fourth-order valence-corrected chi connectivity index (χ4v) is 4.90. The molecule has 0 aromatic heterocycles. The number of piperidine rings is 1. The number of carbonyl (C=O) groups excluding carboxylic acids is 2. The molecule has 2 unspecified atom stereocenters. The second-order valence-electron chi connectivity index (χ2n) is 8.78. The van der Waals surface area contributed by atoms with Crippen molar-refractivity contribution in [3.8, 4) is 0 Å². The van der Waals surface area contributed by atoms with Crippen molar-refractivity contribution in [2.75, 3.05) is 52.4 Å². The largest absolute Gasteiger partial charge is 0.342 e. The van der Waals surface area contributed by atoms with Crippen LogP contribution in [0.15, 0.2) is 0 Å². The summed E-state index contributed by atoms with van der Waals surface area (Å²) >= 11 is 0. The first-order valence-corrected chi connectivity index (χ1v) is 11.1. The van der Waals surface area contributed by atoms with Crippen molar-refractivity contribution in [3.05, 3.63) is 0 Å². The Hall–Kier alpha value is -1.14. The number of likely N-dealkylation sites (tertiary alicyclic amines) is 2. The van der Waals surface area contributed by atoms with Crippen LogP contribution in [-0.2, 0) is 9.59 Å². The molecule has 2 amide bonds. The molecule has 6 heteroatoms. The molecule has 0 bridgehead atoms. The van der Waals surface area contributed by atoms with Crippen LogP contribution in [0.2, 0.25) is 0 Å². The SMILES string of the molecule is CC1CCCC(C)N1C(=O)CN1CCN(CC(=O)N2CCCCCC2)CC1. The first-order valence-electron chi connectivity index (χ1n) is 11.1. The standard InChI is InChI=1S/C21H38N4O2/c1-18-8-7-9-19(2)25(18)21(27)17-23-14-12-22(13-15-23)16-20(26)24-10-5-3-4-6-11-24/h18-19H,3-17H2,1-2H3. The first-order chi connectivity index (χ1) is 13.0. The zero-order valence-corrected chi connectivity index (χ0v) is 17.4. The summed E-state index contributed by atoms with van der Waals surface area (Å²) in [5, 5.41) is 0. The van der Waals surface area contributed by atoms with E-state index in [4.69, 9.17) is 0 Å². The summed E-state index contributed by atoms with van der Waals surface area (Å²) in [6.07, 6.45) is 8.29. The maximum absolute atomic E-state index is 12.8. The van der Waals surface area contributed by atoms with E-state index in [0.29, 0.717) is 25.2 Å². The summed E-state index contributed by atoms with van der Waals surface area (Å²) < 4.78 is 0. The van der Waals surface area contributed by atoms with Gasteiger partial charge in [-0.05, 0) is 46.0 Å². The Bertz CT molecular complexity index is 486. The molecule has 3 heterocycles. The van der Waals surface area contributed by atoms with Crippen LogP contribution < -0.4 is 0 Å². The highest BCUT2D eigenvalue weighted by Crippen LogP contribution is 2.22. The minimum Gasteiger partial charge on any atom is -0.342 e. The van der Waals surface area contributed by atoms with E-state index in [1.165, 1.54) is 19.3 Å². The van der Waals surface area contributed by atoms with Gasteiger partial charge in [-0.3, -0.25) is 19.4 Å². The fourth-order valence-electron chi connectivity index (χ4n) is 4.90. The molecule has 0 radical (unpaired) electrons. The van der Waals surface area contributed by atoms with Gasteiger partial charge in [0.25, 0.3) is 0 Å². The van der Waals surface area contributed by atoms with E-state index >= 15 is 0 Å². The number of rotatable bonds is 4. The van der Waals surface area contributed by atoms with Gasteiger partial charge >= 0.3 is 0 Å². The van der Waals surface area contributed by atoms with Gasteiger partial charge in [0.1, 0.15) is 0 Å². The molecule has 0 spiro atoms. The van der Waals surface area contributed by atoms with E-state index in [9.17, 15) is 9.59 Å². The van der Waals surface area contributed by atoms with E-state index < -0.39 is 0 Å². The summed E-state index contributed by atoms with van der Waals surface area (Å²) in [4.78, 5) is 34.1. The molecule has 3 rings (SSSR count). The Balaban J connectivity index is 1.40. The van der Waals surface area contributed by atoms with Crippen molar-refractivity contribution in [2.45, 2.75) is 70.9 Å². The molecule has 0 aromatic rings. The Morgan fingerprint density at radius 3 is 1.67 bits per heavy atom. The number of hydrogen-bond donors (Lipinski definition) is 0. The van der Waals surface area contributed by atoms with Crippen LogP contribution in [0.25, 0.3) is 0 Å². The third-order valence-electron chi connectivity index (χ3n) is 6.62. The maximum Gasteiger partial charge on any atom is 0.237 e. The second kappa shape index (κ2) is 9.87. The Kier molecular flexibility index (Phi) is 7.53. The highest BCUT2D eigenvalue weighted by Gasteiger charge is 2.30. The zero-order valence-electron chi connectivity index (χ0n) is 17.4. The van der Waals surface area contributed by atoms with Crippen molar-refractivity contribution < 1.29 is 9.59 Å². The van der Waals surface area contributed by atoms with Gasteiger partial charge in [0, 0.05) is 51.4 Å². The highest BCUT2D eigenvalue weighted by atomic mass is 16.2. The van der Waals surface area contributed by atoms with Crippen molar-refractivity contribution in [1.82, 2.24) is 19.6 Å². The monoisotopic (exact) mass is 378 g/mol. The van der Waals surface area contributed by atoms with Crippen LogP contribution in [0.5, 0.6) is 0 Å². The number of hydrogen-bond acceptors (Lipinski definition) is 4. The summed E-state index contributed by atoms with van der Waals surface area (Å²) in [5.41, 5.74) is 0. The summed E-state index contributed by atoms with van der Waals surface area (Å²) in [5.74, 6) is 0.571. The van der Waals surface area contributed by atoms with Crippen LogP contribution in [0.4, 0.5) is 0 Å². The molecule has 3 aliphatic heterocycles. The van der Waals surface area contributed by atoms with Crippen molar-refractivity contribution in [3.63, 3.8) is 0 Å². The number of nitrogens with zero attached hydrogens (tertiary/aromatic N) is 4. The molecule has 0 aromatic carbocycles. The van der Waals surface area contributed by atoms with E-state index in [1.54, 1.807) is 0 Å². The molecule has 27 heavy (non-hydrogen) atoms. The van der Waals surface area contributed by atoms with Crippen LogP contribution in [-0.4, -0.2) is 95.9 Å². The Morgan fingerprint density at radius 2 is 1.15 bits per heavy atom. The average molecular weight is 379 g/mol. The third-order valence-corrected chi connectivity index (χ3v) is 6.62. The van der Waals surface area contributed by atoms with Crippen molar-refractivity contribution >= 4 is 11.8 Å². The van der Waals surface area contributed by atoms with Gasteiger partial charge in [-0.1, -0.05) is 12.8 Å². The molecule has 0 aliphatic carbocycles. The van der Waals surface area contributed by atoms with Gasteiger partial charge in [-0.25, -0.2) is 0 Å². The predicted molar refractivity (Wildman–Crippen MR) is 108 cm³/mol. The molecule has 0 N–H and O–H groups in total. The fraction of sp³-hybridized carbons (Fsp3) is 0.905. The lowest BCUT2D eigenvalue weighted by Gasteiger charge is -2.41. The summed E-state index contributed by atoms with van der Waals surface area (Å²) in [6, 6.07) is 0.738. The number of piperazine rings is 1. The third kappa shape index (κ3) is 5.67. The molecule has 3 aliphatic rings. The lowest BCUT2D eigenvalue weighted by Crippen LogP contribution is -2.55. The van der Waals surface area contributed by atoms with E-state index in [-0.39, 0.29) is 11.8 Å². The zero-order chi connectivity index (χ0) is 19.2. The van der Waals surface area contributed by atoms with E-state index in [2.05, 4.69) is 33.4 Å². The second-order valence-corrected chi connectivity index (χ2v) is 8.78. The summed E-state index contributed by atoms with van der Waals surface area (Å²) in [7, 11) is 0. The van der Waals surface area contributed by atoms with Gasteiger partial charge in [-0.2, -0.15) is 0 Å². The molecule has 3 saturated heterocycles. The van der Waals surface area contributed by atoms with Gasteiger partial charge in [0.15, 0.2) is 0 Å². The quantitative estimate of drug-likeness (QED) is 0.748. The molecular weight excluding hydrogens is 340 g/mol. The van der Waals surface area contributed by atoms with Gasteiger partial charge in [0.2, 0.25) is 11.8 Å². The molecule has 3 fully saturated rings. The summed E-state index contributed by atoms with van der Waals surface area (Å²) in [6.45, 7) is 10.8. The Labute approximate surface area is 164 Å². The van der Waals surface area contributed by atoms with Crippen LogP contribution in [0.3, 0.4) is 0 Å². The van der Waals surface area contributed by atoms with Crippen LogP contribution >= 0.6 is 0 Å². The van der Waals surface area contributed by atoms with E-state index in [1.807, 2.05) is 0 Å². The maximum atomic E-state index is 12.8. The number of carbonyl (C=O) groups is 2. The molecule has 6 nitrogen and oxygen atoms in total. The van der Waals surface area contributed by atoms with Gasteiger partial charge in [-0.15, -0.1) is 0 Å². The van der Waals surface area contributed by atoms with Crippen LogP contribution in [0.1, 0.15) is 58.8 Å². The normalized spacial score (nSPS) is 28.8. The van der Waals surface area contributed by atoms with Crippen molar-refractivity contribution in [2.24, 2.45) is 0 Å². The first kappa shape index (κ1) is 20.6. The molecule has 2 atom stereocenters. The lowest BCUT2D eigenvalue weighted by atomic mass is 9.97.